The van der Waals surface area contributed by atoms with Crippen LogP contribution in [0.15, 0.2) is 24.3 Å². The van der Waals surface area contributed by atoms with E-state index in [1.54, 1.807) is 0 Å². The summed E-state index contributed by atoms with van der Waals surface area (Å²) in [4.78, 5) is 12.2. The van der Waals surface area contributed by atoms with Crippen molar-refractivity contribution in [3.8, 4) is 0 Å². The predicted molar refractivity (Wildman–Crippen MR) is 69.7 cm³/mol. The lowest BCUT2D eigenvalue weighted by Gasteiger charge is -2.27. The predicted octanol–water partition coefficient (Wildman–Crippen LogP) is 2.45. The molecule has 3 N–H and O–H groups in total. The van der Waals surface area contributed by atoms with E-state index in [9.17, 15) is 4.79 Å². The molecule has 3 nitrogen and oxygen atoms in total. The highest BCUT2D eigenvalue weighted by molar-refractivity contribution is 5.95. The normalized spacial score (nSPS) is 28.1. The van der Waals surface area contributed by atoms with E-state index >= 15 is 0 Å². The zero-order chi connectivity index (χ0) is 12.5. The maximum Gasteiger partial charge on any atom is 0.231 e. The van der Waals surface area contributed by atoms with E-state index in [1.807, 2.05) is 38.1 Å². The monoisotopic (exact) mass is 232 g/mol. The Morgan fingerprint density at radius 1 is 1.41 bits per heavy atom. The third-order valence-corrected chi connectivity index (χ3v) is 3.86. The first-order valence-electron chi connectivity index (χ1n) is 6.16. The van der Waals surface area contributed by atoms with Gasteiger partial charge in [-0.2, -0.15) is 0 Å². The largest absolute Gasteiger partial charge is 0.327 e. The molecule has 1 aromatic rings. The molecule has 1 aromatic carbocycles. The van der Waals surface area contributed by atoms with Crippen molar-refractivity contribution in [2.45, 2.75) is 39.2 Å². The average molecular weight is 232 g/mol. The number of hydrogen-bond acceptors (Lipinski definition) is 2. The van der Waals surface area contributed by atoms with Crippen molar-refractivity contribution in [2.24, 2.45) is 11.1 Å². The van der Waals surface area contributed by atoms with Gasteiger partial charge in [-0.25, -0.2) is 0 Å². The Morgan fingerprint density at radius 3 is 2.59 bits per heavy atom. The molecule has 0 saturated heterocycles. The Morgan fingerprint density at radius 2 is 2.06 bits per heavy atom. The van der Waals surface area contributed by atoms with E-state index in [4.69, 9.17) is 5.73 Å². The van der Waals surface area contributed by atoms with Crippen LogP contribution in [0.1, 0.15) is 31.7 Å². The van der Waals surface area contributed by atoms with E-state index in [0.717, 1.165) is 24.9 Å². The lowest BCUT2D eigenvalue weighted by Crippen LogP contribution is -2.44. The SMILES string of the molecule is Cc1ccc(NC(=O)C2(C)CCCC2N)cc1. The van der Waals surface area contributed by atoms with Gasteiger partial charge in [0, 0.05) is 11.7 Å². The van der Waals surface area contributed by atoms with Gasteiger partial charge in [-0.05, 0) is 38.8 Å². The molecule has 2 atom stereocenters. The summed E-state index contributed by atoms with van der Waals surface area (Å²) in [6, 6.07) is 7.82. The van der Waals surface area contributed by atoms with Crippen LogP contribution in [-0.2, 0) is 4.79 Å². The Hall–Kier alpha value is -1.35. The van der Waals surface area contributed by atoms with Crippen molar-refractivity contribution in [3.05, 3.63) is 29.8 Å². The minimum Gasteiger partial charge on any atom is -0.327 e. The van der Waals surface area contributed by atoms with Crippen LogP contribution in [0, 0.1) is 12.3 Å². The van der Waals surface area contributed by atoms with Gasteiger partial charge >= 0.3 is 0 Å². The van der Waals surface area contributed by atoms with Crippen LogP contribution < -0.4 is 11.1 Å². The lowest BCUT2D eigenvalue weighted by molar-refractivity contribution is -0.125. The number of carbonyl (C=O) groups excluding carboxylic acids is 1. The number of carbonyl (C=O) groups is 1. The molecule has 0 radical (unpaired) electrons. The molecule has 0 heterocycles. The number of rotatable bonds is 2. The zero-order valence-electron chi connectivity index (χ0n) is 10.5. The lowest BCUT2D eigenvalue weighted by atomic mass is 9.84. The van der Waals surface area contributed by atoms with Crippen molar-refractivity contribution in [3.63, 3.8) is 0 Å². The number of nitrogens with one attached hydrogen (secondary N) is 1. The van der Waals surface area contributed by atoms with Crippen molar-refractivity contribution < 1.29 is 4.79 Å². The maximum absolute atomic E-state index is 12.2. The zero-order valence-corrected chi connectivity index (χ0v) is 10.5. The number of hydrogen-bond donors (Lipinski definition) is 2. The van der Waals surface area contributed by atoms with Gasteiger partial charge in [0.2, 0.25) is 5.91 Å². The number of anilines is 1. The van der Waals surface area contributed by atoms with Crippen molar-refractivity contribution in [1.82, 2.24) is 0 Å². The van der Waals surface area contributed by atoms with E-state index in [1.165, 1.54) is 5.56 Å². The third-order valence-electron chi connectivity index (χ3n) is 3.86. The van der Waals surface area contributed by atoms with Crippen LogP contribution in [-0.4, -0.2) is 11.9 Å². The van der Waals surface area contributed by atoms with Crippen LogP contribution in [0.4, 0.5) is 5.69 Å². The minimum absolute atomic E-state index is 0.0204. The highest BCUT2D eigenvalue weighted by atomic mass is 16.2. The van der Waals surface area contributed by atoms with Crippen molar-refractivity contribution in [2.75, 3.05) is 5.32 Å². The second-order valence-corrected chi connectivity index (χ2v) is 5.24. The van der Waals surface area contributed by atoms with Gasteiger partial charge in [-0.1, -0.05) is 24.1 Å². The summed E-state index contributed by atoms with van der Waals surface area (Å²) in [7, 11) is 0. The topological polar surface area (TPSA) is 55.1 Å². The molecule has 3 heteroatoms. The van der Waals surface area contributed by atoms with Gasteiger partial charge in [-0.3, -0.25) is 4.79 Å². The number of benzene rings is 1. The molecule has 2 rings (SSSR count). The van der Waals surface area contributed by atoms with Gasteiger partial charge in [0.05, 0.1) is 5.41 Å². The number of amides is 1. The molecular formula is C14H20N2O. The highest BCUT2D eigenvalue weighted by Gasteiger charge is 2.42. The van der Waals surface area contributed by atoms with Crippen molar-refractivity contribution in [1.29, 1.82) is 0 Å². The smallest absolute Gasteiger partial charge is 0.231 e. The molecule has 0 spiro atoms. The van der Waals surface area contributed by atoms with Gasteiger partial charge in [0.15, 0.2) is 0 Å². The average Bonchev–Trinajstić information content (AvgIpc) is 2.64. The van der Waals surface area contributed by atoms with E-state index in [-0.39, 0.29) is 11.9 Å². The van der Waals surface area contributed by atoms with E-state index < -0.39 is 5.41 Å². The molecule has 92 valence electrons. The summed E-state index contributed by atoms with van der Waals surface area (Å²) in [5, 5.41) is 2.96. The molecule has 1 aliphatic carbocycles. The molecule has 1 aliphatic rings. The maximum atomic E-state index is 12.2. The summed E-state index contributed by atoms with van der Waals surface area (Å²) < 4.78 is 0. The molecule has 0 bridgehead atoms. The van der Waals surface area contributed by atoms with Gasteiger partial charge < -0.3 is 11.1 Å². The van der Waals surface area contributed by atoms with E-state index in [2.05, 4.69) is 5.32 Å². The molecule has 0 aliphatic heterocycles. The quantitative estimate of drug-likeness (QED) is 0.823. The molecule has 1 amide bonds. The number of nitrogens with two attached hydrogens (primary N) is 1. The molecule has 1 saturated carbocycles. The highest BCUT2D eigenvalue weighted by Crippen LogP contribution is 2.37. The van der Waals surface area contributed by atoms with Gasteiger partial charge in [0.25, 0.3) is 0 Å². The second kappa shape index (κ2) is 4.49. The van der Waals surface area contributed by atoms with Crippen LogP contribution in [0.3, 0.4) is 0 Å². The van der Waals surface area contributed by atoms with Crippen LogP contribution in [0.5, 0.6) is 0 Å². The fraction of sp³-hybridized carbons (Fsp3) is 0.500. The molecular weight excluding hydrogens is 212 g/mol. The fourth-order valence-electron chi connectivity index (χ4n) is 2.39. The first-order chi connectivity index (χ1) is 8.02. The summed E-state index contributed by atoms with van der Waals surface area (Å²) >= 11 is 0. The molecule has 1 fully saturated rings. The Labute approximate surface area is 102 Å². The minimum atomic E-state index is -0.412. The van der Waals surface area contributed by atoms with Crippen LogP contribution in [0.2, 0.25) is 0 Å². The standard InChI is InChI=1S/C14H20N2O/c1-10-5-7-11(8-6-10)16-13(17)14(2)9-3-4-12(14)15/h5-8,12H,3-4,9,15H2,1-2H3,(H,16,17). The summed E-state index contributed by atoms with van der Waals surface area (Å²) in [6.45, 7) is 3.99. The van der Waals surface area contributed by atoms with Gasteiger partial charge in [-0.15, -0.1) is 0 Å². The van der Waals surface area contributed by atoms with Crippen LogP contribution >= 0.6 is 0 Å². The molecule has 2 unspecified atom stereocenters. The summed E-state index contributed by atoms with van der Waals surface area (Å²) in [5.41, 5.74) is 7.65. The first kappa shape index (κ1) is 12.1. The summed E-state index contributed by atoms with van der Waals surface area (Å²) in [5.74, 6) is 0.0475. The second-order valence-electron chi connectivity index (χ2n) is 5.24. The van der Waals surface area contributed by atoms with Crippen LogP contribution in [0.25, 0.3) is 0 Å². The van der Waals surface area contributed by atoms with Gasteiger partial charge in [0.1, 0.15) is 0 Å². The molecule has 17 heavy (non-hydrogen) atoms. The van der Waals surface area contributed by atoms with Crippen molar-refractivity contribution >= 4 is 11.6 Å². The molecule has 0 aromatic heterocycles. The Bertz CT molecular complexity index is 413. The Kier molecular flexibility index (Phi) is 3.20. The summed E-state index contributed by atoms with van der Waals surface area (Å²) in [6.07, 6.45) is 2.86. The van der Waals surface area contributed by atoms with E-state index in [0.29, 0.717) is 0 Å². The number of aryl methyl sites for hydroxylation is 1. The third kappa shape index (κ3) is 2.34. The fourth-order valence-corrected chi connectivity index (χ4v) is 2.39. The first-order valence-corrected chi connectivity index (χ1v) is 6.16. The Balaban J connectivity index is 2.09.